The van der Waals surface area contributed by atoms with E-state index >= 15 is 0 Å². The zero-order valence-corrected chi connectivity index (χ0v) is 31.1. The van der Waals surface area contributed by atoms with Crippen molar-refractivity contribution >= 4 is 11.8 Å². The molecule has 0 radical (unpaired) electrons. The highest BCUT2D eigenvalue weighted by Crippen LogP contribution is 2.28. The smallest absolute Gasteiger partial charge is 0.229 e. The van der Waals surface area contributed by atoms with Gasteiger partial charge in [0.15, 0.2) is 0 Å². The summed E-state index contributed by atoms with van der Waals surface area (Å²) < 4.78 is 0. The largest absolute Gasteiger partial charge is 0.387 e. The summed E-state index contributed by atoms with van der Waals surface area (Å²) in [5.74, 6) is -1.02. The van der Waals surface area contributed by atoms with Crippen LogP contribution in [0.1, 0.15) is 39.8 Å². The fourth-order valence-electron chi connectivity index (χ4n) is 7.50. The van der Waals surface area contributed by atoms with Crippen LogP contribution in [0.4, 0.5) is 0 Å². The van der Waals surface area contributed by atoms with Crippen LogP contribution >= 0.6 is 0 Å². The molecule has 6 aromatic carbocycles. The van der Waals surface area contributed by atoms with Gasteiger partial charge in [-0.15, -0.1) is 0 Å². The quantitative estimate of drug-likeness (QED) is 0.0700. The molecular weight excluding hydrogens is 681 g/mol. The van der Waals surface area contributed by atoms with E-state index in [9.17, 15) is 19.8 Å². The van der Waals surface area contributed by atoms with Gasteiger partial charge in [0.05, 0.1) is 23.3 Å². The number of aliphatic hydroxyl groups is 2. The van der Waals surface area contributed by atoms with Crippen LogP contribution in [-0.4, -0.2) is 45.3 Å². The van der Waals surface area contributed by atoms with Gasteiger partial charge in [0.1, 0.15) is 6.42 Å². The Bertz CT molecular complexity index is 1810. The van der Waals surface area contributed by atoms with Crippen molar-refractivity contribution in [3.8, 4) is 0 Å². The highest BCUT2D eigenvalue weighted by molar-refractivity contribution is 5.97. The topological polar surface area (TPSA) is 98.7 Å². The Kier molecular flexibility index (Phi) is 13.4. The molecule has 0 aliphatic carbocycles. The van der Waals surface area contributed by atoms with E-state index in [0.29, 0.717) is 12.8 Å². The van der Waals surface area contributed by atoms with Crippen LogP contribution in [0.5, 0.6) is 0 Å². The maximum absolute atomic E-state index is 14.0. The van der Waals surface area contributed by atoms with Crippen molar-refractivity contribution in [3.05, 3.63) is 215 Å². The van der Waals surface area contributed by atoms with Crippen molar-refractivity contribution in [1.82, 2.24) is 10.6 Å². The molecular formula is C49H50N2O4. The van der Waals surface area contributed by atoms with Crippen molar-refractivity contribution in [2.24, 2.45) is 0 Å². The number of hydrogen-bond acceptors (Lipinski definition) is 4. The molecule has 0 fully saturated rings. The lowest BCUT2D eigenvalue weighted by atomic mass is 9.79. The molecule has 0 heterocycles. The van der Waals surface area contributed by atoms with Crippen LogP contribution in [0.15, 0.2) is 182 Å². The number of nitrogens with one attached hydrogen (secondary N) is 2. The third-order valence-electron chi connectivity index (χ3n) is 10.3. The summed E-state index contributed by atoms with van der Waals surface area (Å²) in [6, 6.07) is 57.2. The average Bonchev–Trinajstić information content (AvgIpc) is 3.19. The molecule has 0 aliphatic heterocycles. The first kappa shape index (κ1) is 38.9. The minimum atomic E-state index is -1.40. The van der Waals surface area contributed by atoms with E-state index in [0.717, 1.165) is 33.4 Å². The second kappa shape index (κ2) is 19.0. The van der Waals surface area contributed by atoms with Gasteiger partial charge in [-0.25, -0.2) is 0 Å². The highest BCUT2D eigenvalue weighted by Gasteiger charge is 2.40. The summed E-state index contributed by atoms with van der Waals surface area (Å²) in [7, 11) is 0. The van der Waals surface area contributed by atoms with E-state index < -0.39 is 41.5 Å². The fourth-order valence-corrected chi connectivity index (χ4v) is 7.50. The Morgan fingerprint density at radius 3 is 0.836 bits per heavy atom. The van der Waals surface area contributed by atoms with Gasteiger partial charge in [-0.3, -0.25) is 9.59 Å². The third-order valence-corrected chi connectivity index (χ3v) is 10.3. The molecule has 6 heteroatoms. The molecule has 0 saturated heterocycles. The van der Waals surface area contributed by atoms with Crippen LogP contribution in [0.3, 0.4) is 0 Å². The Labute approximate surface area is 324 Å². The summed E-state index contributed by atoms with van der Waals surface area (Å²) in [4.78, 5) is 28.1. The van der Waals surface area contributed by atoms with E-state index in [1.165, 1.54) is 0 Å². The zero-order chi connectivity index (χ0) is 38.4. The van der Waals surface area contributed by atoms with E-state index in [1.54, 1.807) is 0 Å². The first-order valence-corrected chi connectivity index (χ1v) is 19.0. The molecule has 280 valence electrons. The molecule has 6 rings (SSSR count). The Morgan fingerprint density at radius 2 is 0.600 bits per heavy atom. The van der Waals surface area contributed by atoms with Crippen LogP contribution in [0.2, 0.25) is 0 Å². The number of benzene rings is 6. The number of amides is 2. The lowest BCUT2D eigenvalue weighted by molar-refractivity contribution is -0.132. The predicted octanol–water partition coefficient (Wildman–Crippen LogP) is 7.26. The molecule has 4 N–H and O–H groups in total. The predicted molar refractivity (Wildman–Crippen MR) is 219 cm³/mol. The molecule has 0 spiro atoms. The monoisotopic (exact) mass is 730 g/mol. The zero-order valence-electron chi connectivity index (χ0n) is 31.1. The van der Waals surface area contributed by atoms with Gasteiger partial charge in [-0.05, 0) is 46.2 Å². The van der Waals surface area contributed by atoms with Crippen LogP contribution in [-0.2, 0) is 48.1 Å². The summed E-state index contributed by atoms with van der Waals surface area (Å²) in [6.45, 7) is 0. The van der Waals surface area contributed by atoms with Gasteiger partial charge in [-0.1, -0.05) is 182 Å². The van der Waals surface area contributed by atoms with Gasteiger partial charge in [0.2, 0.25) is 11.8 Å². The minimum absolute atomic E-state index is 0.290. The Hall–Kier alpha value is -5.82. The summed E-state index contributed by atoms with van der Waals surface area (Å²) >= 11 is 0. The van der Waals surface area contributed by atoms with Crippen molar-refractivity contribution in [1.29, 1.82) is 0 Å². The number of carbonyl (C=O) groups is 2. The molecule has 6 aromatic rings. The second-order valence-electron chi connectivity index (χ2n) is 14.7. The number of carbonyl (C=O) groups excluding carboxylic acids is 2. The van der Waals surface area contributed by atoms with Gasteiger partial charge in [-0.2, -0.15) is 0 Å². The van der Waals surface area contributed by atoms with Crippen molar-refractivity contribution < 1.29 is 19.8 Å². The van der Waals surface area contributed by atoms with Gasteiger partial charge in [0.25, 0.3) is 0 Å². The van der Waals surface area contributed by atoms with Crippen LogP contribution < -0.4 is 10.6 Å². The standard InChI is InChI=1S/C49H50N2O4/c52-46(50-44(31-38-19-7-1-8-20-38)48(54,34-40-23-11-3-12-24-40)35-41-25-13-4-14-26-41)33-47(53)51-45(32-39-21-9-2-10-22-39)49(55,36-42-27-15-5-16-28-42)37-43-29-17-6-18-30-43/h1-30,44-45,54-55H,31-37H2,(H,50,52)(H,51,53)/t44-,45-/m1/s1. The summed E-state index contributed by atoms with van der Waals surface area (Å²) in [6.07, 6.45) is 1.39. The van der Waals surface area contributed by atoms with Crippen molar-refractivity contribution in [3.63, 3.8) is 0 Å². The number of rotatable bonds is 18. The van der Waals surface area contributed by atoms with E-state index in [-0.39, 0.29) is 25.7 Å². The lowest BCUT2D eigenvalue weighted by Crippen LogP contribution is -2.58. The third kappa shape index (κ3) is 11.6. The molecule has 0 bridgehead atoms. The van der Waals surface area contributed by atoms with Crippen molar-refractivity contribution in [2.45, 2.75) is 68.2 Å². The van der Waals surface area contributed by atoms with Gasteiger partial charge in [0, 0.05) is 25.7 Å². The number of hydrogen-bond donors (Lipinski definition) is 4. The molecule has 0 saturated carbocycles. The molecule has 6 nitrogen and oxygen atoms in total. The maximum Gasteiger partial charge on any atom is 0.229 e. The average molecular weight is 731 g/mol. The molecule has 55 heavy (non-hydrogen) atoms. The minimum Gasteiger partial charge on any atom is -0.387 e. The van der Waals surface area contributed by atoms with Crippen molar-refractivity contribution in [2.75, 3.05) is 0 Å². The van der Waals surface area contributed by atoms with Gasteiger partial charge >= 0.3 is 0 Å². The highest BCUT2D eigenvalue weighted by atomic mass is 16.3. The molecule has 0 aliphatic rings. The van der Waals surface area contributed by atoms with E-state index in [1.807, 2.05) is 182 Å². The molecule has 0 unspecified atom stereocenters. The first-order chi connectivity index (χ1) is 26.8. The molecule has 0 aromatic heterocycles. The normalized spacial score (nSPS) is 12.7. The van der Waals surface area contributed by atoms with E-state index in [4.69, 9.17) is 0 Å². The first-order valence-electron chi connectivity index (χ1n) is 19.0. The molecule has 2 amide bonds. The molecule has 2 atom stereocenters. The SMILES string of the molecule is O=C(CC(=O)N[C@H](Cc1ccccc1)C(O)(Cc1ccccc1)Cc1ccccc1)N[C@H](Cc1ccccc1)C(O)(Cc1ccccc1)Cc1ccccc1. The van der Waals surface area contributed by atoms with Gasteiger partial charge < -0.3 is 20.8 Å². The Morgan fingerprint density at radius 1 is 0.382 bits per heavy atom. The second-order valence-corrected chi connectivity index (χ2v) is 14.7. The lowest BCUT2D eigenvalue weighted by Gasteiger charge is -2.38. The van der Waals surface area contributed by atoms with Crippen LogP contribution in [0.25, 0.3) is 0 Å². The maximum atomic E-state index is 14.0. The summed E-state index contributed by atoms with van der Waals surface area (Å²) in [5, 5.41) is 31.6. The fraction of sp³-hybridized carbons (Fsp3) is 0.224. The summed E-state index contributed by atoms with van der Waals surface area (Å²) in [5.41, 5.74) is 2.85. The van der Waals surface area contributed by atoms with Crippen LogP contribution in [0, 0.1) is 0 Å². The van der Waals surface area contributed by atoms with E-state index in [2.05, 4.69) is 10.6 Å². The Balaban J connectivity index is 1.27.